The molecule has 1 saturated heterocycles. The molecule has 20 heavy (non-hydrogen) atoms. The number of hydrogen-bond acceptors (Lipinski definition) is 3. The van der Waals surface area contributed by atoms with Gasteiger partial charge in [0.2, 0.25) is 5.91 Å². The number of amides is 1. The second-order valence-electron chi connectivity index (χ2n) is 8.08. The van der Waals surface area contributed by atoms with Crippen LogP contribution in [0.25, 0.3) is 0 Å². The van der Waals surface area contributed by atoms with E-state index < -0.39 is 5.54 Å². The van der Waals surface area contributed by atoms with Gasteiger partial charge >= 0.3 is 0 Å². The van der Waals surface area contributed by atoms with E-state index in [-0.39, 0.29) is 28.9 Å². The fourth-order valence-electron chi connectivity index (χ4n) is 4.34. The Morgan fingerprint density at radius 3 is 2.55 bits per heavy atom. The van der Waals surface area contributed by atoms with Crippen LogP contribution in [0.15, 0.2) is 0 Å². The SMILES string of the molecule is CC(C)(NC(=O)C1(N)C2CCCOC2C1(C)C)C1CC1. The molecule has 0 aromatic carbocycles. The van der Waals surface area contributed by atoms with Gasteiger partial charge in [0.1, 0.15) is 5.54 Å². The van der Waals surface area contributed by atoms with Crippen molar-refractivity contribution in [3.05, 3.63) is 0 Å². The van der Waals surface area contributed by atoms with Crippen molar-refractivity contribution in [3.63, 3.8) is 0 Å². The Kier molecular flexibility index (Phi) is 3.01. The highest BCUT2D eigenvalue weighted by Gasteiger charge is 2.70. The van der Waals surface area contributed by atoms with Crippen molar-refractivity contribution in [3.8, 4) is 0 Å². The van der Waals surface area contributed by atoms with Gasteiger partial charge in [0.15, 0.2) is 0 Å². The van der Waals surface area contributed by atoms with Crippen LogP contribution in [0.3, 0.4) is 0 Å². The Morgan fingerprint density at radius 2 is 1.95 bits per heavy atom. The highest BCUT2D eigenvalue weighted by atomic mass is 16.5. The Bertz CT molecular complexity index is 428. The number of carbonyl (C=O) groups excluding carboxylic acids is 1. The van der Waals surface area contributed by atoms with Gasteiger partial charge < -0.3 is 15.8 Å². The monoisotopic (exact) mass is 280 g/mol. The number of fused-ring (bicyclic) bond motifs is 1. The maximum Gasteiger partial charge on any atom is 0.241 e. The summed E-state index contributed by atoms with van der Waals surface area (Å²) >= 11 is 0. The van der Waals surface area contributed by atoms with Crippen molar-refractivity contribution in [2.75, 3.05) is 6.61 Å². The molecule has 2 saturated carbocycles. The molecule has 3 rings (SSSR count). The van der Waals surface area contributed by atoms with Crippen LogP contribution in [0.4, 0.5) is 0 Å². The summed E-state index contributed by atoms with van der Waals surface area (Å²) in [5.41, 5.74) is 5.40. The average molecular weight is 280 g/mol. The summed E-state index contributed by atoms with van der Waals surface area (Å²) in [6, 6.07) is 0. The number of ether oxygens (including phenoxy) is 1. The summed E-state index contributed by atoms with van der Waals surface area (Å²) in [5.74, 6) is 0.795. The predicted octanol–water partition coefficient (Wildman–Crippen LogP) is 1.82. The van der Waals surface area contributed by atoms with E-state index >= 15 is 0 Å². The summed E-state index contributed by atoms with van der Waals surface area (Å²) in [4.78, 5) is 12.9. The van der Waals surface area contributed by atoms with Crippen LogP contribution >= 0.6 is 0 Å². The summed E-state index contributed by atoms with van der Waals surface area (Å²) in [6.07, 6.45) is 4.57. The highest BCUT2D eigenvalue weighted by molar-refractivity contribution is 5.90. The van der Waals surface area contributed by atoms with Crippen molar-refractivity contribution in [1.29, 1.82) is 0 Å². The zero-order valence-electron chi connectivity index (χ0n) is 13.2. The van der Waals surface area contributed by atoms with Crippen molar-refractivity contribution >= 4 is 5.91 Å². The third kappa shape index (κ3) is 1.77. The minimum Gasteiger partial charge on any atom is -0.377 e. The van der Waals surface area contributed by atoms with Crippen LogP contribution in [0.1, 0.15) is 53.4 Å². The fraction of sp³-hybridized carbons (Fsp3) is 0.938. The number of nitrogens with one attached hydrogen (secondary N) is 1. The molecule has 3 N–H and O–H groups in total. The molecule has 114 valence electrons. The minimum absolute atomic E-state index is 0.0196. The first-order valence-electron chi connectivity index (χ1n) is 7.94. The molecular weight excluding hydrogens is 252 g/mol. The molecule has 3 atom stereocenters. The first kappa shape index (κ1) is 14.3. The van der Waals surface area contributed by atoms with Crippen LogP contribution in [-0.2, 0) is 9.53 Å². The van der Waals surface area contributed by atoms with Gasteiger partial charge in [0, 0.05) is 23.5 Å². The first-order chi connectivity index (χ1) is 9.21. The number of rotatable bonds is 3. The summed E-state index contributed by atoms with van der Waals surface area (Å²) in [6.45, 7) is 9.18. The maximum atomic E-state index is 12.9. The minimum atomic E-state index is -0.787. The van der Waals surface area contributed by atoms with E-state index in [2.05, 4.69) is 33.0 Å². The van der Waals surface area contributed by atoms with Crippen molar-refractivity contribution in [1.82, 2.24) is 5.32 Å². The molecule has 1 amide bonds. The summed E-state index contributed by atoms with van der Waals surface area (Å²) < 4.78 is 5.87. The van der Waals surface area contributed by atoms with Crippen molar-refractivity contribution < 1.29 is 9.53 Å². The Hall–Kier alpha value is -0.610. The molecule has 1 aliphatic heterocycles. The fourth-order valence-corrected chi connectivity index (χ4v) is 4.34. The molecule has 0 aromatic rings. The lowest BCUT2D eigenvalue weighted by Crippen LogP contribution is -2.83. The molecule has 2 aliphatic carbocycles. The second kappa shape index (κ2) is 4.20. The van der Waals surface area contributed by atoms with Crippen molar-refractivity contribution in [2.45, 2.75) is 70.6 Å². The van der Waals surface area contributed by atoms with Crippen LogP contribution in [-0.4, -0.2) is 29.7 Å². The van der Waals surface area contributed by atoms with E-state index in [1.807, 2.05) is 0 Å². The van der Waals surface area contributed by atoms with Crippen LogP contribution in [0.2, 0.25) is 0 Å². The van der Waals surface area contributed by atoms with E-state index in [0.29, 0.717) is 5.92 Å². The van der Waals surface area contributed by atoms with E-state index in [1.54, 1.807) is 0 Å². The zero-order valence-corrected chi connectivity index (χ0v) is 13.2. The Labute approximate surface area is 121 Å². The highest BCUT2D eigenvalue weighted by Crippen LogP contribution is 2.57. The molecule has 1 heterocycles. The van der Waals surface area contributed by atoms with Gasteiger partial charge in [-0.3, -0.25) is 4.79 Å². The number of nitrogens with two attached hydrogens (primary N) is 1. The van der Waals surface area contributed by atoms with Gasteiger partial charge in [-0.2, -0.15) is 0 Å². The molecule has 4 heteroatoms. The molecule has 3 aliphatic rings. The molecular formula is C16H28N2O2. The third-order valence-corrected chi connectivity index (χ3v) is 6.09. The number of hydrogen-bond donors (Lipinski definition) is 2. The summed E-state index contributed by atoms with van der Waals surface area (Å²) in [5, 5.41) is 3.23. The van der Waals surface area contributed by atoms with Gasteiger partial charge in [-0.05, 0) is 45.4 Å². The third-order valence-electron chi connectivity index (χ3n) is 6.09. The molecule has 0 aromatic heterocycles. The average Bonchev–Trinajstić information content (AvgIpc) is 3.21. The zero-order chi connectivity index (χ0) is 14.8. The largest absolute Gasteiger partial charge is 0.377 e. The van der Waals surface area contributed by atoms with E-state index in [0.717, 1.165) is 19.4 Å². The van der Waals surface area contributed by atoms with Gasteiger partial charge in [0.25, 0.3) is 0 Å². The topological polar surface area (TPSA) is 64.4 Å². The predicted molar refractivity (Wildman–Crippen MR) is 78.1 cm³/mol. The first-order valence-corrected chi connectivity index (χ1v) is 7.94. The van der Waals surface area contributed by atoms with Crippen LogP contribution < -0.4 is 11.1 Å². The molecule has 0 spiro atoms. The lowest BCUT2D eigenvalue weighted by Gasteiger charge is -2.65. The Balaban J connectivity index is 1.78. The molecule has 3 fully saturated rings. The molecule has 4 nitrogen and oxygen atoms in total. The van der Waals surface area contributed by atoms with Gasteiger partial charge in [-0.1, -0.05) is 13.8 Å². The quantitative estimate of drug-likeness (QED) is 0.829. The molecule has 0 radical (unpaired) electrons. The number of carbonyl (C=O) groups is 1. The lowest BCUT2D eigenvalue weighted by atomic mass is 9.46. The van der Waals surface area contributed by atoms with Crippen LogP contribution in [0.5, 0.6) is 0 Å². The Morgan fingerprint density at radius 1 is 1.30 bits per heavy atom. The maximum absolute atomic E-state index is 12.9. The normalized spacial score (nSPS) is 39.6. The van der Waals surface area contributed by atoms with Gasteiger partial charge in [0.05, 0.1) is 6.10 Å². The smallest absolute Gasteiger partial charge is 0.241 e. The van der Waals surface area contributed by atoms with E-state index in [1.165, 1.54) is 12.8 Å². The summed E-state index contributed by atoms with van der Waals surface area (Å²) in [7, 11) is 0. The van der Waals surface area contributed by atoms with Crippen LogP contribution in [0, 0.1) is 17.3 Å². The molecule has 0 bridgehead atoms. The van der Waals surface area contributed by atoms with Gasteiger partial charge in [-0.25, -0.2) is 0 Å². The van der Waals surface area contributed by atoms with Gasteiger partial charge in [-0.15, -0.1) is 0 Å². The van der Waals surface area contributed by atoms with Crippen molar-refractivity contribution in [2.24, 2.45) is 23.0 Å². The van der Waals surface area contributed by atoms with E-state index in [9.17, 15) is 4.79 Å². The van der Waals surface area contributed by atoms with E-state index in [4.69, 9.17) is 10.5 Å². The lowest BCUT2D eigenvalue weighted by molar-refractivity contribution is -0.225. The standard InChI is InChI=1S/C16H28N2O2/c1-14(2)12-11(6-5-9-20-12)16(14,17)13(19)18-15(3,4)10-7-8-10/h10-12H,5-9,17H2,1-4H3,(H,18,19). The molecule has 3 unspecified atom stereocenters. The second-order valence-corrected chi connectivity index (χ2v) is 8.08.